The molecule has 3 heteroatoms. The highest BCUT2D eigenvalue weighted by Gasteiger charge is 2.38. The smallest absolute Gasteiger partial charge is 0.130 e. The van der Waals surface area contributed by atoms with Gasteiger partial charge < -0.3 is 14.3 Å². The minimum atomic E-state index is 0.0383. The molecule has 15 heavy (non-hydrogen) atoms. The second-order valence-electron chi connectivity index (χ2n) is 4.91. The van der Waals surface area contributed by atoms with Crippen molar-refractivity contribution in [3.63, 3.8) is 0 Å². The molecular weight excluding hydrogens is 192 g/mol. The maximum Gasteiger partial charge on any atom is 0.130 e. The Morgan fingerprint density at radius 2 is 2.07 bits per heavy atom. The fourth-order valence-corrected chi connectivity index (χ4v) is 2.80. The van der Waals surface area contributed by atoms with Crippen LogP contribution in [0.3, 0.4) is 0 Å². The van der Waals surface area contributed by atoms with Crippen LogP contribution in [0.15, 0.2) is 0 Å². The summed E-state index contributed by atoms with van der Waals surface area (Å²) in [7, 11) is 0. The van der Waals surface area contributed by atoms with E-state index in [2.05, 4.69) is 0 Å². The largest absolute Gasteiger partial charge is 0.381 e. The van der Waals surface area contributed by atoms with Crippen molar-refractivity contribution >= 4 is 5.78 Å². The lowest BCUT2D eigenvalue weighted by Gasteiger charge is -2.43. The number of hydrogen-bond acceptors (Lipinski definition) is 3. The summed E-state index contributed by atoms with van der Waals surface area (Å²) in [5.41, 5.74) is 0.0383. The standard InChI is InChI=1S/C12H20O3/c1-10(13)8-11-2-5-15-12(9-11)3-6-14-7-4-12/h11H,2-9H2,1H3. The lowest BCUT2D eigenvalue weighted by Crippen LogP contribution is -2.44. The first kappa shape index (κ1) is 11.1. The van der Waals surface area contributed by atoms with E-state index >= 15 is 0 Å². The van der Waals surface area contributed by atoms with Crippen LogP contribution < -0.4 is 0 Å². The summed E-state index contributed by atoms with van der Waals surface area (Å²) in [4.78, 5) is 11.1. The van der Waals surface area contributed by atoms with Gasteiger partial charge in [-0.05, 0) is 38.5 Å². The predicted octanol–water partition coefficient (Wildman–Crippen LogP) is 1.94. The van der Waals surface area contributed by atoms with Gasteiger partial charge in [-0.1, -0.05) is 0 Å². The van der Waals surface area contributed by atoms with Gasteiger partial charge in [-0.25, -0.2) is 0 Å². The average Bonchev–Trinajstić information content (AvgIpc) is 2.17. The molecule has 3 nitrogen and oxygen atoms in total. The fourth-order valence-electron chi connectivity index (χ4n) is 2.80. The zero-order valence-electron chi connectivity index (χ0n) is 9.46. The maximum atomic E-state index is 11.1. The van der Waals surface area contributed by atoms with Gasteiger partial charge in [-0.3, -0.25) is 0 Å². The van der Waals surface area contributed by atoms with E-state index in [4.69, 9.17) is 9.47 Å². The third-order valence-corrected chi connectivity index (χ3v) is 3.58. The third-order valence-electron chi connectivity index (χ3n) is 3.58. The molecule has 0 saturated carbocycles. The van der Waals surface area contributed by atoms with Gasteiger partial charge in [0.1, 0.15) is 5.78 Å². The van der Waals surface area contributed by atoms with E-state index in [0.717, 1.165) is 51.9 Å². The van der Waals surface area contributed by atoms with E-state index < -0.39 is 0 Å². The van der Waals surface area contributed by atoms with Gasteiger partial charge in [0.25, 0.3) is 0 Å². The molecule has 0 bridgehead atoms. The van der Waals surface area contributed by atoms with E-state index in [-0.39, 0.29) is 5.60 Å². The second-order valence-corrected chi connectivity index (χ2v) is 4.91. The van der Waals surface area contributed by atoms with Crippen molar-refractivity contribution in [1.82, 2.24) is 0 Å². The van der Waals surface area contributed by atoms with Crippen molar-refractivity contribution in [1.29, 1.82) is 0 Å². The van der Waals surface area contributed by atoms with E-state index in [1.54, 1.807) is 6.92 Å². The Labute approximate surface area is 91.1 Å². The van der Waals surface area contributed by atoms with Crippen LogP contribution in [0.5, 0.6) is 0 Å². The summed E-state index contributed by atoms with van der Waals surface area (Å²) in [6.45, 7) is 4.13. The molecular formula is C12H20O3. The van der Waals surface area contributed by atoms with Crippen LogP contribution in [-0.2, 0) is 14.3 Å². The Balaban J connectivity index is 1.93. The molecule has 86 valence electrons. The molecule has 1 spiro atoms. The Morgan fingerprint density at radius 1 is 1.33 bits per heavy atom. The number of rotatable bonds is 2. The maximum absolute atomic E-state index is 11.1. The van der Waals surface area contributed by atoms with Crippen LogP contribution in [0.1, 0.15) is 39.0 Å². The molecule has 0 aromatic rings. The topological polar surface area (TPSA) is 35.5 Å². The van der Waals surface area contributed by atoms with Gasteiger partial charge in [-0.15, -0.1) is 0 Å². The number of Topliss-reactive ketones (excluding diaryl/α,β-unsaturated/α-hetero) is 1. The van der Waals surface area contributed by atoms with Crippen molar-refractivity contribution < 1.29 is 14.3 Å². The zero-order valence-corrected chi connectivity index (χ0v) is 9.46. The van der Waals surface area contributed by atoms with Crippen LogP contribution in [0.2, 0.25) is 0 Å². The van der Waals surface area contributed by atoms with E-state index in [1.807, 2.05) is 0 Å². The lowest BCUT2D eigenvalue weighted by atomic mass is 9.79. The molecule has 0 amide bonds. The van der Waals surface area contributed by atoms with Crippen LogP contribution in [-0.4, -0.2) is 31.2 Å². The summed E-state index contributed by atoms with van der Waals surface area (Å²) < 4.78 is 11.3. The average molecular weight is 212 g/mol. The van der Waals surface area contributed by atoms with Gasteiger partial charge >= 0.3 is 0 Å². The molecule has 0 aliphatic carbocycles. The summed E-state index contributed by atoms with van der Waals surface area (Å²) >= 11 is 0. The number of carbonyl (C=O) groups is 1. The van der Waals surface area contributed by atoms with Gasteiger partial charge in [0, 0.05) is 26.2 Å². The second kappa shape index (κ2) is 4.62. The summed E-state index contributed by atoms with van der Waals surface area (Å²) in [5, 5.41) is 0. The lowest BCUT2D eigenvalue weighted by molar-refractivity contribution is -0.149. The highest BCUT2D eigenvalue weighted by Crippen LogP contribution is 2.38. The minimum absolute atomic E-state index is 0.0383. The molecule has 2 aliphatic heterocycles. The van der Waals surface area contributed by atoms with Gasteiger partial charge in [0.2, 0.25) is 0 Å². The monoisotopic (exact) mass is 212 g/mol. The first-order chi connectivity index (χ1) is 7.20. The number of ketones is 1. The van der Waals surface area contributed by atoms with Crippen molar-refractivity contribution in [2.24, 2.45) is 5.92 Å². The molecule has 0 N–H and O–H groups in total. The zero-order chi connectivity index (χ0) is 10.7. The number of ether oxygens (including phenoxy) is 2. The molecule has 2 heterocycles. The molecule has 1 unspecified atom stereocenters. The van der Waals surface area contributed by atoms with Gasteiger partial charge in [-0.2, -0.15) is 0 Å². The SMILES string of the molecule is CC(=O)CC1CCOC2(CCOCC2)C1. The Morgan fingerprint density at radius 3 is 2.73 bits per heavy atom. The van der Waals surface area contributed by atoms with E-state index in [0.29, 0.717) is 11.7 Å². The normalized spacial score (nSPS) is 30.3. The third kappa shape index (κ3) is 2.79. The quantitative estimate of drug-likeness (QED) is 0.701. The first-order valence-corrected chi connectivity index (χ1v) is 5.91. The van der Waals surface area contributed by atoms with Crippen LogP contribution in [0.25, 0.3) is 0 Å². The fraction of sp³-hybridized carbons (Fsp3) is 0.917. The highest BCUT2D eigenvalue weighted by molar-refractivity contribution is 5.75. The summed E-state index contributed by atoms with van der Waals surface area (Å²) in [5.74, 6) is 0.846. The molecule has 2 saturated heterocycles. The molecule has 2 rings (SSSR count). The molecule has 0 radical (unpaired) electrons. The van der Waals surface area contributed by atoms with Crippen molar-refractivity contribution in [3.05, 3.63) is 0 Å². The number of carbonyl (C=O) groups excluding carboxylic acids is 1. The summed E-state index contributed by atoms with van der Waals surface area (Å²) in [6.07, 6.45) is 4.83. The van der Waals surface area contributed by atoms with Crippen molar-refractivity contribution in [2.75, 3.05) is 19.8 Å². The number of hydrogen-bond donors (Lipinski definition) is 0. The van der Waals surface area contributed by atoms with Crippen molar-refractivity contribution in [2.45, 2.75) is 44.6 Å². The van der Waals surface area contributed by atoms with Crippen LogP contribution >= 0.6 is 0 Å². The van der Waals surface area contributed by atoms with Crippen LogP contribution in [0, 0.1) is 5.92 Å². The predicted molar refractivity (Wildman–Crippen MR) is 56.8 cm³/mol. The molecule has 0 aromatic heterocycles. The van der Waals surface area contributed by atoms with Gasteiger partial charge in [0.05, 0.1) is 5.60 Å². The Hall–Kier alpha value is -0.410. The summed E-state index contributed by atoms with van der Waals surface area (Å²) in [6, 6.07) is 0. The van der Waals surface area contributed by atoms with Crippen LogP contribution in [0.4, 0.5) is 0 Å². The van der Waals surface area contributed by atoms with Crippen molar-refractivity contribution in [3.8, 4) is 0 Å². The van der Waals surface area contributed by atoms with E-state index in [1.165, 1.54) is 0 Å². The molecule has 0 aromatic carbocycles. The van der Waals surface area contributed by atoms with E-state index in [9.17, 15) is 4.79 Å². The Kier molecular flexibility index (Phi) is 3.42. The molecule has 2 aliphatic rings. The molecule has 2 fully saturated rings. The Bertz CT molecular complexity index is 226. The highest BCUT2D eigenvalue weighted by atomic mass is 16.5. The molecule has 1 atom stereocenters. The minimum Gasteiger partial charge on any atom is -0.381 e. The first-order valence-electron chi connectivity index (χ1n) is 5.91. The van der Waals surface area contributed by atoms with Gasteiger partial charge in [0.15, 0.2) is 0 Å².